The van der Waals surface area contributed by atoms with Gasteiger partial charge < -0.3 is 19.5 Å². The lowest BCUT2D eigenvalue weighted by atomic mass is 9.74. The van der Waals surface area contributed by atoms with Crippen LogP contribution in [0.2, 0.25) is 0 Å². The molecule has 0 saturated heterocycles. The van der Waals surface area contributed by atoms with E-state index in [-0.39, 0.29) is 29.9 Å². The number of amides is 1. The molecule has 2 fully saturated rings. The Bertz CT molecular complexity index is 1140. The molecular formula is C27H30N2O5. The SMILES string of the molecule is COc1cc2c(cc1OC)C1CC(OC(C)=O)CCC1N=C2c1ccc(C(=O)NC2CC2)cc1. The molecule has 2 aromatic rings. The first-order valence-electron chi connectivity index (χ1n) is 11.9. The Balaban J connectivity index is 1.51. The second-order valence-electron chi connectivity index (χ2n) is 9.32. The molecule has 5 rings (SSSR count). The first-order chi connectivity index (χ1) is 16.5. The molecule has 0 spiro atoms. The van der Waals surface area contributed by atoms with Crippen molar-refractivity contribution in [3.8, 4) is 11.5 Å². The maximum Gasteiger partial charge on any atom is 0.302 e. The van der Waals surface area contributed by atoms with Crippen LogP contribution in [0.1, 0.15) is 72.0 Å². The van der Waals surface area contributed by atoms with Crippen molar-refractivity contribution in [2.24, 2.45) is 4.99 Å². The average molecular weight is 463 g/mol. The highest BCUT2D eigenvalue weighted by atomic mass is 16.5. The molecule has 2 aromatic carbocycles. The molecule has 1 heterocycles. The molecule has 178 valence electrons. The minimum atomic E-state index is -0.248. The van der Waals surface area contributed by atoms with Crippen molar-refractivity contribution in [1.82, 2.24) is 5.32 Å². The monoisotopic (exact) mass is 462 g/mol. The smallest absolute Gasteiger partial charge is 0.302 e. The van der Waals surface area contributed by atoms with E-state index < -0.39 is 0 Å². The number of benzene rings is 2. The number of ether oxygens (including phenoxy) is 3. The molecule has 7 nitrogen and oxygen atoms in total. The van der Waals surface area contributed by atoms with E-state index in [4.69, 9.17) is 19.2 Å². The molecule has 0 aromatic heterocycles. The fourth-order valence-electron chi connectivity index (χ4n) is 5.09. The van der Waals surface area contributed by atoms with Gasteiger partial charge in [0, 0.05) is 35.6 Å². The van der Waals surface area contributed by atoms with Gasteiger partial charge in [-0.05, 0) is 61.9 Å². The Morgan fingerprint density at radius 2 is 1.68 bits per heavy atom. The van der Waals surface area contributed by atoms with Gasteiger partial charge in [-0.2, -0.15) is 0 Å². The molecule has 3 unspecified atom stereocenters. The van der Waals surface area contributed by atoms with Gasteiger partial charge in [-0.25, -0.2) is 0 Å². The standard InChI is InChI=1S/C27H30N2O5/c1-15(30)34-19-10-11-23-21(12-19)20-13-24(32-2)25(33-3)14-22(20)26(29-23)16-4-6-17(7-5-16)27(31)28-18-8-9-18/h4-7,13-14,18-19,21,23H,8-12H2,1-3H3,(H,28,31). The van der Waals surface area contributed by atoms with Crippen LogP contribution in [-0.4, -0.2) is 50.0 Å². The Morgan fingerprint density at radius 3 is 2.32 bits per heavy atom. The number of hydrogen-bond donors (Lipinski definition) is 1. The van der Waals surface area contributed by atoms with Crippen molar-refractivity contribution in [2.75, 3.05) is 14.2 Å². The second-order valence-corrected chi connectivity index (χ2v) is 9.32. The van der Waals surface area contributed by atoms with Crippen LogP contribution < -0.4 is 14.8 Å². The predicted octanol–water partition coefficient (Wildman–Crippen LogP) is 4.01. The number of nitrogens with zero attached hydrogens (tertiary/aromatic N) is 1. The molecule has 3 atom stereocenters. The zero-order valence-corrected chi connectivity index (χ0v) is 19.8. The molecular weight excluding hydrogens is 432 g/mol. The number of esters is 1. The number of fused-ring (bicyclic) bond motifs is 3. The summed E-state index contributed by atoms with van der Waals surface area (Å²) in [5.74, 6) is 1.15. The van der Waals surface area contributed by atoms with Crippen LogP contribution >= 0.6 is 0 Å². The molecule has 1 aliphatic heterocycles. The number of carbonyl (C=O) groups is 2. The third kappa shape index (κ3) is 4.39. The van der Waals surface area contributed by atoms with Crippen molar-refractivity contribution in [2.45, 2.75) is 63.1 Å². The van der Waals surface area contributed by atoms with Crippen molar-refractivity contribution in [3.63, 3.8) is 0 Å². The summed E-state index contributed by atoms with van der Waals surface area (Å²) in [7, 11) is 3.25. The molecule has 1 amide bonds. The van der Waals surface area contributed by atoms with Crippen molar-refractivity contribution in [3.05, 3.63) is 58.7 Å². The van der Waals surface area contributed by atoms with E-state index in [0.29, 0.717) is 23.1 Å². The van der Waals surface area contributed by atoms with Crippen LogP contribution in [0.5, 0.6) is 11.5 Å². The number of rotatable bonds is 6. The van der Waals surface area contributed by atoms with Crippen LogP contribution in [0.25, 0.3) is 0 Å². The lowest BCUT2D eigenvalue weighted by Gasteiger charge is -2.38. The van der Waals surface area contributed by atoms with E-state index in [1.807, 2.05) is 36.4 Å². The van der Waals surface area contributed by atoms with Gasteiger partial charge in [-0.15, -0.1) is 0 Å². The molecule has 7 heteroatoms. The Kier molecular flexibility index (Phi) is 6.02. The number of nitrogens with one attached hydrogen (secondary N) is 1. The normalized spacial score (nSPS) is 23.1. The van der Waals surface area contributed by atoms with Gasteiger partial charge in [0.1, 0.15) is 6.10 Å². The molecule has 2 aliphatic carbocycles. The number of hydrogen-bond acceptors (Lipinski definition) is 6. The number of methoxy groups -OCH3 is 2. The van der Waals surface area contributed by atoms with Gasteiger partial charge in [-0.3, -0.25) is 14.6 Å². The topological polar surface area (TPSA) is 86.2 Å². The summed E-state index contributed by atoms with van der Waals surface area (Å²) in [4.78, 5) is 29.2. The third-order valence-electron chi connectivity index (χ3n) is 6.94. The summed E-state index contributed by atoms with van der Waals surface area (Å²) in [5, 5.41) is 3.03. The van der Waals surface area contributed by atoms with E-state index in [1.54, 1.807) is 14.2 Å². The zero-order chi connectivity index (χ0) is 23.8. The number of carbonyl (C=O) groups excluding carboxylic acids is 2. The highest BCUT2D eigenvalue weighted by Crippen LogP contribution is 2.45. The maximum atomic E-state index is 12.4. The first kappa shape index (κ1) is 22.4. The lowest BCUT2D eigenvalue weighted by molar-refractivity contribution is -0.148. The van der Waals surface area contributed by atoms with Crippen molar-refractivity contribution in [1.29, 1.82) is 0 Å². The second kappa shape index (κ2) is 9.12. The Hall–Kier alpha value is -3.35. The molecule has 0 bridgehead atoms. The third-order valence-corrected chi connectivity index (χ3v) is 6.94. The zero-order valence-electron chi connectivity index (χ0n) is 19.8. The van der Waals surface area contributed by atoms with Gasteiger partial charge in [0.25, 0.3) is 5.91 Å². The molecule has 3 aliphatic rings. The summed E-state index contributed by atoms with van der Waals surface area (Å²) >= 11 is 0. The maximum absolute atomic E-state index is 12.4. The van der Waals surface area contributed by atoms with Crippen LogP contribution in [0.15, 0.2) is 41.4 Å². The fraction of sp³-hybridized carbons (Fsp3) is 0.444. The van der Waals surface area contributed by atoms with Crippen LogP contribution in [0, 0.1) is 0 Å². The average Bonchev–Trinajstić information content (AvgIpc) is 3.66. The first-order valence-corrected chi connectivity index (χ1v) is 11.9. The van der Waals surface area contributed by atoms with E-state index in [2.05, 4.69) is 5.32 Å². The summed E-state index contributed by atoms with van der Waals surface area (Å²) in [5.41, 5.74) is 4.60. The Morgan fingerprint density at radius 1 is 0.971 bits per heavy atom. The van der Waals surface area contributed by atoms with E-state index >= 15 is 0 Å². The summed E-state index contributed by atoms with van der Waals surface area (Å²) in [6.07, 6.45) is 4.36. The molecule has 0 radical (unpaired) electrons. The fourth-order valence-corrected chi connectivity index (χ4v) is 5.09. The van der Waals surface area contributed by atoms with Crippen LogP contribution in [-0.2, 0) is 9.53 Å². The van der Waals surface area contributed by atoms with E-state index in [1.165, 1.54) is 6.92 Å². The summed E-state index contributed by atoms with van der Waals surface area (Å²) < 4.78 is 16.7. The predicted molar refractivity (Wildman–Crippen MR) is 128 cm³/mol. The van der Waals surface area contributed by atoms with Crippen molar-refractivity contribution < 1.29 is 23.8 Å². The molecule has 1 N–H and O–H groups in total. The Labute approximate surface area is 199 Å². The van der Waals surface area contributed by atoms with Gasteiger partial charge >= 0.3 is 5.97 Å². The lowest BCUT2D eigenvalue weighted by Crippen LogP contribution is -2.36. The van der Waals surface area contributed by atoms with Gasteiger partial charge in [0.2, 0.25) is 0 Å². The largest absolute Gasteiger partial charge is 0.493 e. The molecule has 2 saturated carbocycles. The van der Waals surface area contributed by atoms with Gasteiger partial charge in [-0.1, -0.05) is 12.1 Å². The van der Waals surface area contributed by atoms with Gasteiger partial charge in [0.15, 0.2) is 11.5 Å². The van der Waals surface area contributed by atoms with Crippen LogP contribution in [0.4, 0.5) is 0 Å². The van der Waals surface area contributed by atoms with Gasteiger partial charge in [0.05, 0.1) is 26.0 Å². The summed E-state index contributed by atoms with van der Waals surface area (Å²) in [6, 6.07) is 12.1. The minimum absolute atomic E-state index is 0.0321. The van der Waals surface area contributed by atoms with Crippen LogP contribution in [0.3, 0.4) is 0 Å². The van der Waals surface area contributed by atoms with E-state index in [9.17, 15) is 9.59 Å². The minimum Gasteiger partial charge on any atom is -0.493 e. The highest BCUT2D eigenvalue weighted by Gasteiger charge is 2.38. The number of aliphatic imine (C=N–C) groups is 1. The molecule has 34 heavy (non-hydrogen) atoms. The summed E-state index contributed by atoms with van der Waals surface area (Å²) in [6.45, 7) is 1.46. The van der Waals surface area contributed by atoms with E-state index in [0.717, 1.165) is 54.5 Å². The quantitative estimate of drug-likeness (QED) is 0.656. The highest BCUT2D eigenvalue weighted by molar-refractivity contribution is 6.15. The van der Waals surface area contributed by atoms with Crippen molar-refractivity contribution >= 4 is 17.6 Å².